The predicted octanol–water partition coefficient (Wildman–Crippen LogP) is 1.83. The zero-order valence-electron chi connectivity index (χ0n) is 17.9. The summed E-state index contributed by atoms with van der Waals surface area (Å²) in [6.07, 6.45) is 4.28. The lowest BCUT2D eigenvalue weighted by atomic mass is 10.1. The van der Waals surface area contributed by atoms with Gasteiger partial charge in [0.2, 0.25) is 0 Å². The van der Waals surface area contributed by atoms with E-state index in [9.17, 15) is 4.79 Å². The Morgan fingerprint density at radius 2 is 2.23 bits per heavy atom. The summed E-state index contributed by atoms with van der Waals surface area (Å²) in [6, 6.07) is 4.01. The summed E-state index contributed by atoms with van der Waals surface area (Å²) < 4.78 is 7.09. The Morgan fingerprint density at radius 1 is 1.35 bits per heavy atom. The number of aryl methyl sites for hydroxylation is 1. The Kier molecular flexibility index (Phi) is 4.85. The van der Waals surface area contributed by atoms with Crippen LogP contribution in [-0.2, 0) is 6.42 Å². The van der Waals surface area contributed by atoms with Crippen molar-refractivity contribution < 1.29 is 9.53 Å². The van der Waals surface area contributed by atoms with Gasteiger partial charge in [-0.1, -0.05) is 0 Å². The fraction of sp³-hybridized carbons (Fsp3) is 0.429. The average Bonchev–Trinajstić information content (AvgIpc) is 3.35. The average molecular weight is 422 g/mol. The van der Waals surface area contributed by atoms with Crippen molar-refractivity contribution in [1.82, 2.24) is 24.9 Å². The Labute approximate surface area is 180 Å². The quantitative estimate of drug-likeness (QED) is 0.664. The number of hydrogen-bond donors (Lipinski definition) is 2. The molecule has 3 aromatic heterocycles. The lowest BCUT2D eigenvalue weighted by Gasteiger charge is -2.34. The van der Waals surface area contributed by atoms with Crippen LogP contribution in [0, 0.1) is 6.92 Å². The van der Waals surface area contributed by atoms with Gasteiger partial charge in [0.25, 0.3) is 0 Å². The number of hydrogen-bond acceptors (Lipinski definition) is 7. The van der Waals surface area contributed by atoms with Crippen molar-refractivity contribution in [3.8, 4) is 5.75 Å². The van der Waals surface area contributed by atoms with Gasteiger partial charge in [0.15, 0.2) is 11.4 Å². The maximum atomic E-state index is 13.2. The molecule has 2 aliphatic rings. The maximum Gasteiger partial charge on any atom is 0.327 e. The summed E-state index contributed by atoms with van der Waals surface area (Å²) >= 11 is 0. The van der Waals surface area contributed by atoms with E-state index in [1.54, 1.807) is 35.0 Å². The molecule has 1 saturated heterocycles. The fourth-order valence-corrected chi connectivity index (χ4v) is 4.38. The van der Waals surface area contributed by atoms with Gasteiger partial charge in [-0.3, -0.25) is 4.90 Å². The second-order valence-electron chi connectivity index (χ2n) is 7.98. The van der Waals surface area contributed by atoms with Crippen LogP contribution in [0.25, 0.3) is 5.65 Å². The molecular formula is C21H26N8O2. The second-order valence-corrected chi connectivity index (χ2v) is 7.98. The van der Waals surface area contributed by atoms with E-state index in [2.05, 4.69) is 43.6 Å². The molecule has 2 amide bonds. The predicted molar refractivity (Wildman–Crippen MR) is 118 cm³/mol. The van der Waals surface area contributed by atoms with Crippen molar-refractivity contribution in [2.75, 3.05) is 48.4 Å². The number of pyridine rings is 2. The molecule has 0 aromatic carbocycles. The summed E-state index contributed by atoms with van der Waals surface area (Å²) in [5, 5.41) is 10.7. The van der Waals surface area contributed by atoms with Crippen LogP contribution in [0.15, 0.2) is 24.5 Å². The first-order chi connectivity index (χ1) is 15.0. The zero-order chi connectivity index (χ0) is 21.5. The van der Waals surface area contributed by atoms with Crippen LogP contribution in [0.5, 0.6) is 5.75 Å². The number of nitrogens with zero attached hydrogens (tertiary/aromatic N) is 6. The van der Waals surface area contributed by atoms with Gasteiger partial charge in [-0.25, -0.2) is 19.3 Å². The zero-order valence-corrected chi connectivity index (χ0v) is 17.9. The third-order valence-electron chi connectivity index (χ3n) is 5.81. The molecule has 162 valence electrons. The minimum absolute atomic E-state index is 0.240. The van der Waals surface area contributed by atoms with E-state index in [1.807, 2.05) is 6.92 Å². The number of methoxy groups -OCH3 is 1. The highest BCUT2D eigenvalue weighted by Gasteiger charge is 2.31. The summed E-state index contributed by atoms with van der Waals surface area (Å²) in [4.78, 5) is 26.2. The van der Waals surface area contributed by atoms with Crippen molar-refractivity contribution in [2.24, 2.45) is 0 Å². The van der Waals surface area contributed by atoms with Crippen molar-refractivity contribution >= 4 is 28.9 Å². The first-order valence-corrected chi connectivity index (χ1v) is 10.5. The van der Waals surface area contributed by atoms with E-state index in [-0.39, 0.29) is 6.03 Å². The normalized spacial score (nSPS) is 18.4. The van der Waals surface area contributed by atoms with Gasteiger partial charge in [-0.15, -0.1) is 0 Å². The maximum absolute atomic E-state index is 13.2. The number of nitrogens with one attached hydrogen (secondary N) is 2. The van der Waals surface area contributed by atoms with Crippen molar-refractivity contribution in [3.63, 3.8) is 0 Å². The SMILES string of the molecule is COc1cn2nc(C)nc2cc1NC(=O)N1CCc2c(N3CCN[C@H](C)C3)ccnc21. The smallest absolute Gasteiger partial charge is 0.327 e. The van der Waals surface area contributed by atoms with Crippen molar-refractivity contribution in [2.45, 2.75) is 26.3 Å². The molecule has 1 fully saturated rings. The lowest BCUT2D eigenvalue weighted by Crippen LogP contribution is -2.49. The van der Waals surface area contributed by atoms with Gasteiger partial charge < -0.3 is 20.3 Å². The highest BCUT2D eigenvalue weighted by molar-refractivity contribution is 6.04. The largest absolute Gasteiger partial charge is 0.493 e. The summed E-state index contributed by atoms with van der Waals surface area (Å²) in [6.45, 7) is 7.43. The van der Waals surface area contributed by atoms with E-state index in [1.165, 1.54) is 5.69 Å². The lowest BCUT2D eigenvalue weighted by molar-refractivity contribution is 0.257. The highest BCUT2D eigenvalue weighted by atomic mass is 16.5. The molecule has 10 nitrogen and oxygen atoms in total. The molecule has 5 rings (SSSR count). The van der Waals surface area contributed by atoms with Crippen LogP contribution in [0.3, 0.4) is 0 Å². The molecule has 0 saturated carbocycles. The molecule has 3 aromatic rings. The molecule has 0 spiro atoms. The molecule has 2 N–H and O–H groups in total. The van der Waals surface area contributed by atoms with Gasteiger partial charge in [0.1, 0.15) is 11.6 Å². The van der Waals surface area contributed by atoms with Gasteiger partial charge in [0.05, 0.1) is 19.0 Å². The minimum Gasteiger partial charge on any atom is -0.493 e. The monoisotopic (exact) mass is 422 g/mol. The fourth-order valence-electron chi connectivity index (χ4n) is 4.38. The summed E-state index contributed by atoms with van der Waals surface area (Å²) in [7, 11) is 1.56. The van der Waals surface area contributed by atoms with E-state index in [0.29, 0.717) is 35.5 Å². The molecule has 31 heavy (non-hydrogen) atoms. The Bertz CT molecular complexity index is 1140. The molecule has 0 bridgehead atoms. The molecular weight excluding hydrogens is 396 g/mol. The number of carbonyl (C=O) groups excluding carboxylic acids is 1. The number of rotatable bonds is 3. The van der Waals surface area contributed by atoms with Crippen LogP contribution in [0.4, 0.5) is 22.0 Å². The van der Waals surface area contributed by atoms with E-state index < -0.39 is 0 Å². The van der Waals surface area contributed by atoms with Crippen molar-refractivity contribution in [3.05, 3.63) is 35.9 Å². The molecule has 2 aliphatic heterocycles. The van der Waals surface area contributed by atoms with Crippen molar-refractivity contribution in [1.29, 1.82) is 0 Å². The minimum atomic E-state index is -0.240. The van der Waals surface area contributed by atoms with Crippen LogP contribution in [0.2, 0.25) is 0 Å². The number of fused-ring (bicyclic) bond motifs is 2. The van der Waals surface area contributed by atoms with E-state index in [0.717, 1.165) is 37.4 Å². The molecule has 10 heteroatoms. The van der Waals surface area contributed by atoms with Gasteiger partial charge >= 0.3 is 6.03 Å². The molecule has 5 heterocycles. The first-order valence-electron chi connectivity index (χ1n) is 10.5. The summed E-state index contributed by atoms with van der Waals surface area (Å²) in [5.74, 6) is 1.89. The third kappa shape index (κ3) is 3.52. The second kappa shape index (κ2) is 7.69. The van der Waals surface area contributed by atoms with Gasteiger partial charge in [0, 0.05) is 55.7 Å². The summed E-state index contributed by atoms with van der Waals surface area (Å²) in [5.41, 5.74) is 3.49. The van der Waals surface area contributed by atoms with Crippen LogP contribution in [-0.4, -0.2) is 64.9 Å². The number of urea groups is 1. The van der Waals surface area contributed by atoms with Crippen LogP contribution < -0.4 is 25.2 Å². The molecule has 0 aliphatic carbocycles. The number of ether oxygens (including phenoxy) is 1. The number of carbonyl (C=O) groups is 1. The molecule has 0 unspecified atom stereocenters. The highest BCUT2D eigenvalue weighted by Crippen LogP contribution is 2.35. The Morgan fingerprint density at radius 3 is 3.03 bits per heavy atom. The number of aromatic nitrogens is 4. The number of amides is 2. The Balaban J connectivity index is 1.41. The van der Waals surface area contributed by atoms with E-state index in [4.69, 9.17) is 4.74 Å². The van der Waals surface area contributed by atoms with Gasteiger partial charge in [-0.2, -0.15) is 5.10 Å². The number of piperazine rings is 1. The third-order valence-corrected chi connectivity index (χ3v) is 5.81. The first kappa shape index (κ1) is 19.6. The van der Waals surface area contributed by atoms with Gasteiger partial charge in [-0.05, 0) is 26.3 Å². The molecule has 0 radical (unpaired) electrons. The molecule has 1 atom stereocenters. The van der Waals surface area contributed by atoms with E-state index >= 15 is 0 Å². The standard InChI is InChI=1S/C21H26N8O2/c1-13-11-27(9-7-22-13)17-4-6-23-20-15(17)5-8-28(20)21(30)25-16-10-19-24-14(2)26-29(19)12-18(16)31-3/h4,6,10,12-13,22H,5,7-9,11H2,1-3H3,(H,25,30)/t13-/m1/s1. The number of anilines is 3. The topological polar surface area (TPSA) is 99.9 Å². The van der Waals surface area contributed by atoms with Crippen LogP contribution >= 0.6 is 0 Å². The Hall–Kier alpha value is -3.40. The van der Waals surface area contributed by atoms with Crippen LogP contribution in [0.1, 0.15) is 18.3 Å².